The minimum absolute atomic E-state index is 0.349. The summed E-state index contributed by atoms with van der Waals surface area (Å²) in [4.78, 5) is 2.60. The Labute approximate surface area is 105 Å². The Hall–Kier alpha value is -0.160. The van der Waals surface area contributed by atoms with Gasteiger partial charge in [0.25, 0.3) is 0 Å². The lowest BCUT2D eigenvalue weighted by Crippen LogP contribution is -2.53. The molecule has 3 unspecified atom stereocenters. The van der Waals surface area contributed by atoms with E-state index < -0.39 is 0 Å². The third kappa shape index (κ3) is 3.65. The summed E-state index contributed by atoms with van der Waals surface area (Å²) in [5, 5.41) is 3.20. The number of nitrogens with zero attached hydrogens (tertiary/aromatic N) is 1. The van der Waals surface area contributed by atoms with Crippen LogP contribution in [0.4, 0.5) is 0 Å². The standard InChI is InChI=1S/C13H26N2O2/c1-10-6-12(7-11(2)17-10)15-4-5-16-13(9-15)8-14-3/h10-14H,4-9H2,1-3H3. The van der Waals surface area contributed by atoms with Crippen LogP contribution in [0.15, 0.2) is 0 Å². The molecule has 2 aliphatic heterocycles. The average Bonchev–Trinajstić information content (AvgIpc) is 2.28. The summed E-state index contributed by atoms with van der Waals surface area (Å²) in [6, 6.07) is 0.678. The van der Waals surface area contributed by atoms with E-state index in [2.05, 4.69) is 24.1 Å². The van der Waals surface area contributed by atoms with Gasteiger partial charge in [-0.3, -0.25) is 4.90 Å². The molecule has 0 amide bonds. The Balaban J connectivity index is 1.87. The number of hydrogen-bond donors (Lipinski definition) is 1. The molecule has 4 heteroatoms. The van der Waals surface area contributed by atoms with Gasteiger partial charge in [-0.2, -0.15) is 0 Å². The highest BCUT2D eigenvalue weighted by molar-refractivity contribution is 4.84. The first-order valence-corrected chi connectivity index (χ1v) is 6.84. The molecule has 0 bridgehead atoms. The van der Waals surface area contributed by atoms with E-state index in [4.69, 9.17) is 9.47 Å². The molecule has 0 aliphatic carbocycles. The molecule has 0 saturated carbocycles. The van der Waals surface area contributed by atoms with Gasteiger partial charge in [0.15, 0.2) is 0 Å². The molecule has 2 saturated heterocycles. The van der Waals surface area contributed by atoms with Crippen LogP contribution in [-0.4, -0.2) is 62.5 Å². The molecule has 2 aliphatic rings. The van der Waals surface area contributed by atoms with Crippen molar-refractivity contribution in [3.63, 3.8) is 0 Å². The maximum Gasteiger partial charge on any atom is 0.0826 e. The van der Waals surface area contributed by atoms with Gasteiger partial charge in [-0.15, -0.1) is 0 Å². The Morgan fingerprint density at radius 3 is 2.59 bits per heavy atom. The molecule has 3 atom stereocenters. The molecule has 0 aromatic heterocycles. The molecule has 2 heterocycles. The van der Waals surface area contributed by atoms with Crippen LogP contribution in [-0.2, 0) is 9.47 Å². The van der Waals surface area contributed by atoms with E-state index in [1.165, 1.54) is 0 Å². The number of likely N-dealkylation sites (N-methyl/N-ethyl adjacent to an activating group) is 1. The number of morpholine rings is 1. The summed E-state index contributed by atoms with van der Waals surface area (Å²) < 4.78 is 11.6. The van der Waals surface area contributed by atoms with E-state index >= 15 is 0 Å². The van der Waals surface area contributed by atoms with Crippen molar-refractivity contribution in [2.75, 3.05) is 33.3 Å². The van der Waals surface area contributed by atoms with Crippen LogP contribution in [0, 0.1) is 0 Å². The van der Waals surface area contributed by atoms with Crippen molar-refractivity contribution in [1.82, 2.24) is 10.2 Å². The van der Waals surface area contributed by atoms with E-state index in [1.54, 1.807) is 0 Å². The van der Waals surface area contributed by atoms with Gasteiger partial charge in [-0.25, -0.2) is 0 Å². The van der Waals surface area contributed by atoms with Crippen LogP contribution in [0.5, 0.6) is 0 Å². The van der Waals surface area contributed by atoms with Crippen LogP contribution >= 0.6 is 0 Å². The van der Waals surface area contributed by atoms with E-state index in [0.717, 1.165) is 39.1 Å². The van der Waals surface area contributed by atoms with Gasteiger partial charge in [0.1, 0.15) is 0 Å². The second-order valence-corrected chi connectivity index (χ2v) is 5.43. The summed E-state index contributed by atoms with van der Waals surface area (Å²) in [7, 11) is 1.99. The van der Waals surface area contributed by atoms with Crippen LogP contribution in [0.1, 0.15) is 26.7 Å². The fraction of sp³-hybridized carbons (Fsp3) is 1.00. The van der Waals surface area contributed by atoms with Crippen LogP contribution < -0.4 is 5.32 Å². The maximum absolute atomic E-state index is 5.81. The molecule has 100 valence electrons. The van der Waals surface area contributed by atoms with E-state index in [1.807, 2.05) is 7.05 Å². The number of hydrogen-bond acceptors (Lipinski definition) is 4. The SMILES string of the molecule is CNCC1CN(C2CC(C)OC(C)C2)CCO1. The highest BCUT2D eigenvalue weighted by Crippen LogP contribution is 2.24. The zero-order valence-electron chi connectivity index (χ0n) is 11.3. The average molecular weight is 242 g/mol. The van der Waals surface area contributed by atoms with Crippen LogP contribution in [0.2, 0.25) is 0 Å². The molecule has 4 nitrogen and oxygen atoms in total. The topological polar surface area (TPSA) is 33.7 Å². The van der Waals surface area contributed by atoms with Gasteiger partial charge in [0.2, 0.25) is 0 Å². The lowest BCUT2D eigenvalue weighted by atomic mass is 9.97. The van der Waals surface area contributed by atoms with Crippen molar-refractivity contribution >= 4 is 0 Å². The van der Waals surface area contributed by atoms with Gasteiger partial charge >= 0.3 is 0 Å². The van der Waals surface area contributed by atoms with Gasteiger partial charge in [-0.05, 0) is 33.7 Å². The molecule has 1 N–H and O–H groups in total. The first-order valence-electron chi connectivity index (χ1n) is 6.84. The lowest BCUT2D eigenvalue weighted by Gasteiger charge is -2.43. The quantitative estimate of drug-likeness (QED) is 0.796. The fourth-order valence-corrected chi connectivity index (χ4v) is 3.09. The Kier molecular flexibility index (Phi) is 4.79. The van der Waals surface area contributed by atoms with E-state index in [0.29, 0.717) is 24.4 Å². The normalized spacial score (nSPS) is 40.4. The molecule has 17 heavy (non-hydrogen) atoms. The molecule has 2 rings (SSSR count). The van der Waals surface area contributed by atoms with Crippen LogP contribution in [0.3, 0.4) is 0 Å². The smallest absolute Gasteiger partial charge is 0.0826 e. The number of rotatable bonds is 3. The third-order valence-electron chi connectivity index (χ3n) is 3.79. The molecular formula is C13H26N2O2. The first kappa shape index (κ1) is 13.3. The van der Waals surface area contributed by atoms with Crippen molar-refractivity contribution in [2.24, 2.45) is 0 Å². The van der Waals surface area contributed by atoms with Crippen LogP contribution in [0.25, 0.3) is 0 Å². The van der Waals surface area contributed by atoms with Crippen molar-refractivity contribution < 1.29 is 9.47 Å². The zero-order valence-corrected chi connectivity index (χ0v) is 11.3. The lowest BCUT2D eigenvalue weighted by molar-refractivity contribution is -0.0964. The molecule has 0 aromatic carbocycles. The van der Waals surface area contributed by atoms with Gasteiger partial charge in [-0.1, -0.05) is 0 Å². The summed E-state index contributed by atoms with van der Waals surface area (Å²) >= 11 is 0. The Morgan fingerprint density at radius 1 is 1.24 bits per heavy atom. The third-order valence-corrected chi connectivity index (χ3v) is 3.79. The Morgan fingerprint density at radius 2 is 1.94 bits per heavy atom. The molecule has 0 aromatic rings. The molecule has 0 radical (unpaired) electrons. The van der Waals surface area contributed by atoms with Gasteiger partial charge < -0.3 is 14.8 Å². The summed E-state index contributed by atoms with van der Waals surface area (Å²) in [5.74, 6) is 0. The predicted molar refractivity (Wildman–Crippen MR) is 68.3 cm³/mol. The van der Waals surface area contributed by atoms with Gasteiger partial charge in [0, 0.05) is 25.7 Å². The minimum Gasteiger partial charge on any atom is -0.375 e. The first-order chi connectivity index (χ1) is 8.19. The zero-order chi connectivity index (χ0) is 12.3. The Bertz CT molecular complexity index is 225. The van der Waals surface area contributed by atoms with Crippen molar-refractivity contribution in [3.05, 3.63) is 0 Å². The van der Waals surface area contributed by atoms with Gasteiger partial charge in [0.05, 0.1) is 24.9 Å². The van der Waals surface area contributed by atoms with Crippen molar-refractivity contribution in [1.29, 1.82) is 0 Å². The molecule has 0 spiro atoms. The monoisotopic (exact) mass is 242 g/mol. The molecular weight excluding hydrogens is 216 g/mol. The fourth-order valence-electron chi connectivity index (χ4n) is 3.09. The number of ether oxygens (including phenoxy) is 2. The second-order valence-electron chi connectivity index (χ2n) is 5.43. The van der Waals surface area contributed by atoms with Crippen molar-refractivity contribution in [3.8, 4) is 0 Å². The highest BCUT2D eigenvalue weighted by atomic mass is 16.5. The number of nitrogens with one attached hydrogen (secondary N) is 1. The summed E-state index contributed by atoms with van der Waals surface area (Å²) in [5.41, 5.74) is 0. The molecule has 2 fully saturated rings. The summed E-state index contributed by atoms with van der Waals surface area (Å²) in [6.07, 6.45) is 3.47. The second kappa shape index (κ2) is 6.14. The summed E-state index contributed by atoms with van der Waals surface area (Å²) in [6.45, 7) is 8.33. The highest BCUT2D eigenvalue weighted by Gasteiger charge is 2.31. The largest absolute Gasteiger partial charge is 0.375 e. The van der Waals surface area contributed by atoms with E-state index in [-0.39, 0.29) is 0 Å². The minimum atomic E-state index is 0.349. The predicted octanol–water partition coefficient (Wildman–Crippen LogP) is 0.863. The maximum atomic E-state index is 5.81. The van der Waals surface area contributed by atoms with Crippen molar-refractivity contribution in [2.45, 2.75) is 51.0 Å². The van der Waals surface area contributed by atoms with E-state index in [9.17, 15) is 0 Å².